The summed E-state index contributed by atoms with van der Waals surface area (Å²) in [6.07, 6.45) is 7.58. The summed E-state index contributed by atoms with van der Waals surface area (Å²) in [7, 11) is 0. The molecule has 2 aliphatic rings. The van der Waals surface area contributed by atoms with Crippen molar-refractivity contribution >= 4 is 5.91 Å². The Labute approximate surface area is 110 Å². The van der Waals surface area contributed by atoms with Crippen molar-refractivity contribution in [3.05, 3.63) is 0 Å². The number of likely N-dealkylation sites (tertiary alicyclic amines) is 1. The van der Waals surface area contributed by atoms with Crippen molar-refractivity contribution in [3.8, 4) is 0 Å². The molecule has 1 saturated heterocycles. The Morgan fingerprint density at radius 1 is 1.33 bits per heavy atom. The lowest BCUT2D eigenvalue weighted by Gasteiger charge is -2.43. The van der Waals surface area contributed by atoms with Gasteiger partial charge in [0.05, 0.1) is 5.54 Å². The molecule has 0 aromatic heterocycles. The lowest BCUT2D eigenvalue weighted by molar-refractivity contribution is -0.125. The number of hydrogen-bond donors (Lipinski definition) is 2. The first-order chi connectivity index (χ1) is 8.55. The van der Waals surface area contributed by atoms with E-state index in [1.807, 2.05) is 0 Å². The maximum Gasteiger partial charge on any atom is 0.237 e. The molecule has 0 bridgehead atoms. The molecule has 0 radical (unpaired) electrons. The number of nitrogens with two attached hydrogens (primary N) is 2. The zero-order valence-corrected chi connectivity index (χ0v) is 11.5. The summed E-state index contributed by atoms with van der Waals surface area (Å²) in [5, 5.41) is 0. The Bertz CT molecular complexity index is 299. The first-order valence-electron chi connectivity index (χ1n) is 7.38. The topological polar surface area (TPSA) is 72.3 Å². The predicted octanol–water partition coefficient (Wildman–Crippen LogP) is 1.23. The number of carbonyl (C=O) groups excluding carboxylic acids is 1. The van der Waals surface area contributed by atoms with Gasteiger partial charge in [0.15, 0.2) is 0 Å². The second kappa shape index (κ2) is 5.57. The number of primary amides is 1. The fraction of sp³-hybridized carbons (Fsp3) is 0.929. The number of nitrogens with zero attached hydrogens (tertiary/aromatic N) is 1. The number of amides is 1. The summed E-state index contributed by atoms with van der Waals surface area (Å²) in [5.74, 6) is 0.569. The molecule has 2 rings (SSSR count). The highest BCUT2D eigenvalue weighted by molar-refractivity contribution is 5.84. The average molecular weight is 253 g/mol. The van der Waals surface area contributed by atoms with Crippen LogP contribution in [0.3, 0.4) is 0 Å². The van der Waals surface area contributed by atoms with Crippen LogP contribution in [-0.4, -0.2) is 35.5 Å². The summed E-state index contributed by atoms with van der Waals surface area (Å²) >= 11 is 0. The van der Waals surface area contributed by atoms with Crippen LogP contribution >= 0.6 is 0 Å². The minimum atomic E-state index is -0.759. The van der Waals surface area contributed by atoms with Gasteiger partial charge in [-0.05, 0) is 57.5 Å². The maximum atomic E-state index is 11.5. The molecule has 1 heterocycles. The second-order valence-electron chi connectivity index (χ2n) is 6.16. The van der Waals surface area contributed by atoms with Crippen LogP contribution in [0, 0.1) is 5.92 Å². The molecule has 0 spiro atoms. The molecule has 1 amide bonds. The summed E-state index contributed by atoms with van der Waals surface area (Å²) in [6, 6.07) is 0.467. The van der Waals surface area contributed by atoms with Gasteiger partial charge in [0.1, 0.15) is 0 Å². The molecule has 1 saturated carbocycles. The van der Waals surface area contributed by atoms with E-state index in [-0.39, 0.29) is 5.91 Å². The highest BCUT2D eigenvalue weighted by Gasteiger charge is 2.40. The molecule has 4 N–H and O–H groups in total. The summed E-state index contributed by atoms with van der Waals surface area (Å²) in [4.78, 5) is 14.0. The molecule has 4 nitrogen and oxygen atoms in total. The molecule has 1 aliphatic carbocycles. The van der Waals surface area contributed by atoms with Gasteiger partial charge >= 0.3 is 0 Å². The van der Waals surface area contributed by atoms with E-state index < -0.39 is 5.54 Å². The van der Waals surface area contributed by atoms with Crippen LogP contribution in [0.5, 0.6) is 0 Å². The third-order valence-electron chi connectivity index (χ3n) is 4.99. The first-order valence-corrected chi connectivity index (χ1v) is 7.38. The third kappa shape index (κ3) is 2.86. The highest BCUT2D eigenvalue weighted by atomic mass is 16.1. The van der Waals surface area contributed by atoms with E-state index in [0.717, 1.165) is 38.3 Å². The van der Waals surface area contributed by atoms with E-state index in [2.05, 4.69) is 11.8 Å². The Morgan fingerprint density at radius 3 is 2.56 bits per heavy atom. The quantitative estimate of drug-likeness (QED) is 0.794. The van der Waals surface area contributed by atoms with Crippen molar-refractivity contribution in [3.63, 3.8) is 0 Å². The standard InChI is InChI=1S/C14H27N3O/c1-2-11-5-8-17(9-6-11)12-4-3-7-14(16,10-12)13(15)18/h11-12H,2-10,16H2,1H3,(H2,15,18). The fourth-order valence-corrected chi connectivity index (χ4v) is 3.54. The second-order valence-corrected chi connectivity index (χ2v) is 6.16. The Morgan fingerprint density at radius 2 is 2.00 bits per heavy atom. The lowest BCUT2D eigenvalue weighted by atomic mass is 9.78. The van der Waals surface area contributed by atoms with Crippen LogP contribution in [0.2, 0.25) is 0 Å². The van der Waals surface area contributed by atoms with Gasteiger partial charge in [-0.1, -0.05) is 13.3 Å². The monoisotopic (exact) mass is 253 g/mol. The SMILES string of the molecule is CCC1CCN(C2CCCC(N)(C(N)=O)C2)CC1. The van der Waals surface area contributed by atoms with E-state index >= 15 is 0 Å². The molecule has 4 heteroatoms. The molecule has 2 unspecified atom stereocenters. The molecule has 18 heavy (non-hydrogen) atoms. The van der Waals surface area contributed by atoms with Gasteiger partial charge in [0.2, 0.25) is 5.91 Å². The zero-order chi connectivity index (χ0) is 13.2. The van der Waals surface area contributed by atoms with Gasteiger partial charge in [-0.15, -0.1) is 0 Å². The molecule has 1 aliphatic heterocycles. The number of hydrogen-bond acceptors (Lipinski definition) is 3. The lowest BCUT2D eigenvalue weighted by Crippen LogP contribution is -2.58. The zero-order valence-electron chi connectivity index (χ0n) is 11.5. The van der Waals surface area contributed by atoms with Crippen LogP contribution in [0.25, 0.3) is 0 Å². The van der Waals surface area contributed by atoms with E-state index in [0.29, 0.717) is 6.04 Å². The van der Waals surface area contributed by atoms with E-state index in [9.17, 15) is 4.79 Å². The van der Waals surface area contributed by atoms with Gasteiger partial charge in [0.25, 0.3) is 0 Å². The molecule has 0 aromatic rings. The minimum absolute atomic E-state index is 0.323. The van der Waals surface area contributed by atoms with Crippen molar-refractivity contribution in [1.82, 2.24) is 4.90 Å². The summed E-state index contributed by atoms with van der Waals surface area (Å²) < 4.78 is 0. The smallest absolute Gasteiger partial charge is 0.237 e. The van der Waals surface area contributed by atoms with Crippen molar-refractivity contribution in [1.29, 1.82) is 0 Å². The fourth-order valence-electron chi connectivity index (χ4n) is 3.54. The van der Waals surface area contributed by atoms with E-state index in [4.69, 9.17) is 11.5 Å². The van der Waals surface area contributed by atoms with Gasteiger partial charge in [-0.2, -0.15) is 0 Å². The van der Waals surface area contributed by atoms with Gasteiger partial charge in [0, 0.05) is 6.04 Å². The van der Waals surface area contributed by atoms with Crippen molar-refractivity contribution in [2.75, 3.05) is 13.1 Å². The van der Waals surface area contributed by atoms with Crippen LogP contribution in [0.1, 0.15) is 51.9 Å². The molecule has 104 valence electrons. The summed E-state index contributed by atoms with van der Waals surface area (Å²) in [6.45, 7) is 4.61. The number of piperidine rings is 1. The largest absolute Gasteiger partial charge is 0.368 e. The molecule has 2 atom stereocenters. The van der Waals surface area contributed by atoms with Crippen molar-refractivity contribution in [2.24, 2.45) is 17.4 Å². The Hall–Kier alpha value is -0.610. The van der Waals surface area contributed by atoms with Gasteiger partial charge in [-0.3, -0.25) is 4.79 Å². The van der Waals surface area contributed by atoms with Gasteiger partial charge < -0.3 is 16.4 Å². The third-order valence-corrected chi connectivity index (χ3v) is 4.99. The van der Waals surface area contributed by atoms with E-state index in [1.165, 1.54) is 25.7 Å². The van der Waals surface area contributed by atoms with Crippen LogP contribution in [0.15, 0.2) is 0 Å². The number of carbonyl (C=O) groups is 1. The minimum Gasteiger partial charge on any atom is -0.368 e. The average Bonchev–Trinajstić information content (AvgIpc) is 2.39. The Balaban J connectivity index is 1.92. The Kier molecular flexibility index (Phi) is 4.28. The van der Waals surface area contributed by atoms with Crippen LogP contribution in [0.4, 0.5) is 0 Å². The molecule has 0 aromatic carbocycles. The highest BCUT2D eigenvalue weighted by Crippen LogP contribution is 2.32. The van der Waals surface area contributed by atoms with Gasteiger partial charge in [-0.25, -0.2) is 0 Å². The molecule has 2 fully saturated rings. The summed E-state index contributed by atoms with van der Waals surface area (Å²) in [5.41, 5.74) is 10.8. The maximum absolute atomic E-state index is 11.5. The predicted molar refractivity (Wildman–Crippen MR) is 73.0 cm³/mol. The molecular formula is C14H27N3O. The first kappa shape index (κ1) is 13.8. The van der Waals surface area contributed by atoms with Crippen molar-refractivity contribution < 1.29 is 4.79 Å². The normalized spacial score (nSPS) is 35.6. The van der Waals surface area contributed by atoms with E-state index in [1.54, 1.807) is 0 Å². The van der Waals surface area contributed by atoms with Crippen LogP contribution in [-0.2, 0) is 4.79 Å². The molecular weight excluding hydrogens is 226 g/mol. The van der Waals surface area contributed by atoms with Crippen LogP contribution < -0.4 is 11.5 Å². The number of rotatable bonds is 3. The van der Waals surface area contributed by atoms with Crippen molar-refractivity contribution in [2.45, 2.75) is 63.5 Å².